The van der Waals surface area contributed by atoms with Gasteiger partial charge in [-0.05, 0) is 12.0 Å². The molecule has 4 nitrogen and oxygen atoms in total. The maximum absolute atomic E-state index is 5.57. The molecular weight excluding hydrogens is 236 g/mol. The van der Waals surface area contributed by atoms with Crippen molar-refractivity contribution in [2.45, 2.75) is 12.5 Å². The lowest BCUT2D eigenvalue weighted by molar-refractivity contribution is -0.0106. The summed E-state index contributed by atoms with van der Waals surface area (Å²) in [4.78, 5) is 0. The normalized spacial score (nSPS) is 11.7. The Labute approximate surface area is 104 Å². The second-order valence-corrected chi connectivity index (χ2v) is 6.60. The third kappa shape index (κ3) is 4.57. The van der Waals surface area contributed by atoms with Gasteiger partial charge in [-0.15, -0.1) is 0 Å². The van der Waals surface area contributed by atoms with Crippen LogP contribution in [0.15, 0.2) is 30.3 Å². The molecule has 1 aromatic rings. The number of ether oxygens (including phenoxy) is 1. The van der Waals surface area contributed by atoms with Gasteiger partial charge in [0.05, 0.1) is 0 Å². The molecule has 0 radical (unpaired) electrons. The Bertz CT molecular complexity index is 301. The Hall–Kier alpha value is -0.723. The van der Waals surface area contributed by atoms with E-state index in [4.69, 9.17) is 18.0 Å². The van der Waals surface area contributed by atoms with Crippen LogP contribution in [0.5, 0.6) is 0 Å². The molecule has 0 aliphatic carbocycles. The third-order valence-electron chi connectivity index (χ3n) is 2.58. The summed E-state index contributed by atoms with van der Waals surface area (Å²) in [5.74, 6) is 0. The quantitative estimate of drug-likeness (QED) is 0.527. The Balaban J connectivity index is 2.54. The minimum absolute atomic E-state index is 0.197. The highest BCUT2D eigenvalue weighted by Gasteiger charge is 2.38. The standard InChI is InChI=1S/C12H20O4Si/c1-13-11-16-17(14-2,15-3)10-9-12-7-5-4-6-8-12/h4-8H,9-11H2,1-3H3. The highest BCUT2D eigenvalue weighted by Crippen LogP contribution is 2.17. The molecule has 5 heteroatoms. The monoisotopic (exact) mass is 256 g/mol. The summed E-state index contributed by atoms with van der Waals surface area (Å²) in [7, 11) is 2.26. The van der Waals surface area contributed by atoms with Crippen molar-refractivity contribution < 1.29 is 18.0 Å². The highest BCUT2D eigenvalue weighted by atomic mass is 28.4. The van der Waals surface area contributed by atoms with Gasteiger partial charge in [0.25, 0.3) is 0 Å². The van der Waals surface area contributed by atoms with E-state index in [1.54, 1.807) is 21.3 Å². The number of methoxy groups -OCH3 is 1. The first kappa shape index (κ1) is 14.3. The molecule has 0 heterocycles. The van der Waals surface area contributed by atoms with Crippen LogP contribution in [0.4, 0.5) is 0 Å². The number of hydrogen-bond acceptors (Lipinski definition) is 4. The molecule has 0 N–H and O–H groups in total. The first-order valence-electron chi connectivity index (χ1n) is 5.53. The summed E-state index contributed by atoms with van der Waals surface area (Å²) in [6.07, 6.45) is 0.873. The van der Waals surface area contributed by atoms with E-state index in [0.29, 0.717) is 0 Å². The third-order valence-corrected chi connectivity index (χ3v) is 5.25. The molecular formula is C12H20O4Si. The zero-order valence-corrected chi connectivity index (χ0v) is 11.6. The molecule has 0 amide bonds. The molecule has 1 aromatic carbocycles. The highest BCUT2D eigenvalue weighted by molar-refractivity contribution is 6.60. The van der Waals surface area contributed by atoms with Gasteiger partial charge in [-0.1, -0.05) is 30.3 Å². The molecule has 17 heavy (non-hydrogen) atoms. The minimum atomic E-state index is -2.57. The number of hydrogen-bond donors (Lipinski definition) is 0. The lowest BCUT2D eigenvalue weighted by Crippen LogP contribution is -2.44. The molecule has 1 rings (SSSR count). The molecule has 0 unspecified atom stereocenters. The molecule has 0 aliphatic heterocycles. The van der Waals surface area contributed by atoms with Crippen molar-refractivity contribution in [2.24, 2.45) is 0 Å². The molecule has 96 valence electrons. The van der Waals surface area contributed by atoms with Crippen LogP contribution in [0, 0.1) is 0 Å². The van der Waals surface area contributed by atoms with Gasteiger partial charge in [0.2, 0.25) is 0 Å². The maximum Gasteiger partial charge on any atom is 0.502 e. The van der Waals surface area contributed by atoms with Gasteiger partial charge in [0.15, 0.2) is 0 Å². The Morgan fingerprint density at radius 3 is 2.18 bits per heavy atom. The van der Waals surface area contributed by atoms with E-state index in [-0.39, 0.29) is 6.79 Å². The maximum atomic E-state index is 5.57. The van der Waals surface area contributed by atoms with Gasteiger partial charge in [0.1, 0.15) is 6.79 Å². The van der Waals surface area contributed by atoms with Crippen LogP contribution in [0.1, 0.15) is 5.56 Å². The fourth-order valence-corrected chi connectivity index (χ4v) is 3.42. The predicted octanol–water partition coefficient (Wildman–Crippen LogP) is 2.08. The van der Waals surface area contributed by atoms with Crippen molar-refractivity contribution >= 4 is 8.80 Å². The lowest BCUT2D eigenvalue weighted by atomic mass is 10.2. The molecule has 0 spiro atoms. The van der Waals surface area contributed by atoms with Crippen LogP contribution >= 0.6 is 0 Å². The summed E-state index contributed by atoms with van der Waals surface area (Å²) in [5, 5.41) is 0. The molecule has 0 aromatic heterocycles. The second-order valence-electron chi connectivity index (χ2n) is 3.63. The van der Waals surface area contributed by atoms with Gasteiger partial charge >= 0.3 is 8.80 Å². The Morgan fingerprint density at radius 1 is 1.00 bits per heavy atom. The van der Waals surface area contributed by atoms with E-state index >= 15 is 0 Å². The van der Waals surface area contributed by atoms with Gasteiger partial charge in [-0.3, -0.25) is 0 Å². The van der Waals surface area contributed by atoms with Crippen molar-refractivity contribution in [1.82, 2.24) is 0 Å². The first-order chi connectivity index (χ1) is 8.26. The zero-order chi connectivity index (χ0) is 12.6. The number of rotatable bonds is 8. The van der Waals surface area contributed by atoms with Crippen molar-refractivity contribution in [1.29, 1.82) is 0 Å². The van der Waals surface area contributed by atoms with Gasteiger partial charge in [-0.25, -0.2) is 0 Å². The van der Waals surface area contributed by atoms with Crippen LogP contribution in [0.25, 0.3) is 0 Å². The van der Waals surface area contributed by atoms with Crippen LogP contribution in [0.2, 0.25) is 6.04 Å². The summed E-state index contributed by atoms with van der Waals surface area (Å²) in [6.45, 7) is 0.197. The van der Waals surface area contributed by atoms with E-state index in [1.165, 1.54) is 5.56 Å². The molecule has 0 saturated heterocycles. The molecule has 0 fully saturated rings. The zero-order valence-electron chi connectivity index (χ0n) is 10.6. The van der Waals surface area contributed by atoms with Crippen LogP contribution in [-0.2, 0) is 24.4 Å². The van der Waals surface area contributed by atoms with Crippen LogP contribution in [-0.4, -0.2) is 36.9 Å². The summed E-state index contributed by atoms with van der Waals surface area (Å²) in [6, 6.07) is 11.0. The van der Waals surface area contributed by atoms with Gasteiger partial charge in [0, 0.05) is 27.4 Å². The Morgan fingerprint density at radius 2 is 1.65 bits per heavy atom. The van der Waals surface area contributed by atoms with Crippen LogP contribution in [0.3, 0.4) is 0 Å². The van der Waals surface area contributed by atoms with Crippen molar-refractivity contribution in [2.75, 3.05) is 28.1 Å². The van der Waals surface area contributed by atoms with E-state index in [9.17, 15) is 0 Å². The average molecular weight is 256 g/mol. The first-order valence-corrected chi connectivity index (χ1v) is 7.46. The van der Waals surface area contributed by atoms with Gasteiger partial charge < -0.3 is 18.0 Å². The Kier molecular flexibility index (Phi) is 6.39. The van der Waals surface area contributed by atoms with E-state index < -0.39 is 8.80 Å². The van der Waals surface area contributed by atoms with E-state index in [2.05, 4.69) is 12.1 Å². The number of aryl methyl sites for hydroxylation is 1. The van der Waals surface area contributed by atoms with E-state index in [1.807, 2.05) is 18.2 Å². The molecule has 0 atom stereocenters. The van der Waals surface area contributed by atoms with Crippen LogP contribution < -0.4 is 0 Å². The average Bonchev–Trinajstić information content (AvgIpc) is 2.41. The molecule has 0 aliphatic rings. The van der Waals surface area contributed by atoms with Gasteiger partial charge in [-0.2, -0.15) is 0 Å². The second kappa shape index (κ2) is 7.57. The fraction of sp³-hybridized carbons (Fsp3) is 0.500. The summed E-state index contributed by atoms with van der Waals surface area (Å²) < 4.78 is 21.3. The summed E-state index contributed by atoms with van der Waals surface area (Å²) in [5.41, 5.74) is 1.25. The minimum Gasteiger partial charge on any atom is -0.377 e. The lowest BCUT2D eigenvalue weighted by Gasteiger charge is -2.25. The molecule has 0 saturated carbocycles. The largest absolute Gasteiger partial charge is 0.502 e. The topological polar surface area (TPSA) is 36.9 Å². The fourth-order valence-electron chi connectivity index (χ4n) is 1.57. The van der Waals surface area contributed by atoms with Crippen molar-refractivity contribution in [3.05, 3.63) is 35.9 Å². The SMILES string of the molecule is COCO[Si](CCc1ccccc1)(OC)OC. The smallest absolute Gasteiger partial charge is 0.377 e. The van der Waals surface area contributed by atoms with E-state index in [0.717, 1.165) is 12.5 Å². The molecule has 0 bridgehead atoms. The van der Waals surface area contributed by atoms with Crippen molar-refractivity contribution in [3.8, 4) is 0 Å². The predicted molar refractivity (Wildman–Crippen MR) is 67.7 cm³/mol. The summed E-state index contributed by atoms with van der Waals surface area (Å²) >= 11 is 0. The van der Waals surface area contributed by atoms with Crippen molar-refractivity contribution in [3.63, 3.8) is 0 Å². The number of benzene rings is 1.